The molecule has 1 aromatic rings. The van der Waals surface area contributed by atoms with E-state index in [1.807, 2.05) is 0 Å². The number of anilines is 1. The molecule has 0 aliphatic heterocycles. The second-order valence-corrected chi connectivity index (χ2v) is 3.57. The van der Waals surface area contributed by atoms with Gasteiger partial charge in [-0.1, -0.05) is 13.3 Å². The maximum Gasteiger partial charge on any atom is 0.422 e. The van der Waals surface area contributed by atoms with Crippen molar-refractivity contribution >= 4 is 5.69 Å². The highest BCUT2D eigenvalue weighted by Crippen LogP contribution is 2.17. The lowest BCUT2D eigenvalue weighted by Gasteiger charge is -2.09. The van der Waals surface area contributed by atoms with Gasteiger partial charge in [0, 0.05) is 12.6 Å². The van der Waals surface area contributed by atoms with Crippen LogP contribution in [-0.2, 0) is 0 Å². The normalized spacial score (nSPS) is 11.3. The smallest absolute Gasteiger partial charge is 0.422 e. The maximum atomic E-state index is 11.9. The molecule has 0 saturated heterocycles. The molecule has 0 radical (unpaired) electrons. The molecule has 0 fully saturated rings. The van der Waals surface area contributed by atoms with Crippen LogP contribution in [0.2, 0.25) is 0 Å². The molecule has 0 aliphatic rings. The van der Waals surface area contributed by atoms with Crippen LogP contribution in [-0.4, -0.2) is 24.3 Å². The molecule has 1 aromatic heterocycles. The van der Waals surface area contributed by atoms with Crippen LogP contribution in [0.3, 0.4) is 0 Å². The van der Waals surface area contributed by atoms with Gasteiger partial charge in [-0.25, -0.2) is 4.98 Å². The zero-order valence-electron chi connectivity index (χ0n) is 9.55. The van der Waals surface area contributed by atoms with Crippen LogP contribution in [0.5, 0.6) is 5.88 Å². The van der Waals surface area contributed by atoms with E-state index in [1.54, 1.807) is 6.07 Å². The Kier molecular flexibility index (Phi) is 5.06. The van der Waals surface area contributed by atoms with E-state index >= 15 is 0 Å². The second kappa shape index (κ2) is 6.32. The van der Waals surface area contributed by atoms with E-state index in [1.165, 1.54) is 12.3 Å². The summed E-state index contributed by atoms with van der Waals surface area (Å²) < 4.78 is 40.1. The molecule has 1 N–H and O–H groups in total. The van der Waals surface area contributed by atoms with Crippen LogP contribution >= 0.6 is 0 Å². The lowest BCUT2D eigenvalue weighted by atomic mass is 10.3. The molecular weight excluding hydrogens is 233 g/mol. The van der Waals surface area contributed by atoms with Gasteiger partial charge in [0.05, 0.1) is 11.9 Å². The average molecular weight is 248 g/mol. The van der Waals surface area contributed by atoms with Crippen LogP contribution < -0.4 is 10.1 Å². The Morgan fingerprint density at radius 2 is 2.12 bits per heavy atom. The van der Waals surface area contributed by atoms with Crippen LogP contribution in [0.15, 0.2) is 18.3 Å². The number of halogens is 3. The molecule has 17 heavy (non-hydrogen) atoms. The molecule has 0 atom stereocenters. The summed E-state index contributed by atoms with van der Waals surface area (Å²) in [5, 5.41) is 3.10. The summed E-state index contributed by atoms with van der Waals surface area (Å²) in [7, 11) is 0. The second-order valence-electron chi connectivity index (χ2n) is 3.57. The monoisotopic (exact) mass is 248 g/mol. The largest absolute Gasteiger partial charge is 0.468 e. The Hall–Kier alpha value is -1.46. The minimum Gasteiger partial charge on any atom is -0.468 e. The minimum atomic E-state index is -4.33. The van der Waals surface area contributed by atoms with Gasteiger partial charge in [0.25, 0.3) is 0 Å². The Morgan fingerprint density at radius 1 is 1.35 bits per heavy atom. The first-order chi connectivity index (χ1) is 8.01. The Balaban J connectivity index is 2.39. The molecule has 0 aliphatic carbocycles. The van der Waals surface area contributed by atoms with E-state index in [2.05, 4.69) is 22.0 Å². The number of hydrogen-bond donors (Lipinski definition) is 1. The van der Waals surface area contributed by atoms with Gasteiger partial charge in [0.2, 0.25) is 5.88 Å². The zero-order chi connectivity index (χ0) is 12.7. The molecule has 0 amide bonds. The summed E-state index contributed by atoms with van der Waals surface area (Å²) in [6.07, 6.45) is -0.763. The van der Waals surface area contributed by atoms with Crippen molar-refractivity contribution in [3.8, 4) is 5.88 Å². The first kappa shape index (κ1) is 13.6. The van der Waals surface area contributed by atoms with E-state index in [4.69, 9.17) is 0 Å². The molecule has 0 saturated carbocycles. The van der Waals surface area contributed by atoms with E-state index in [0.717, 1.165) is 25.1 Å². The van der Waals surface area contributed by atoms with Crippen LogP contribution in [0.4, 0.5) is 18.9 Å². The first-order valence-electron chi connectivity index (χ1n) is 5.41. The number of nitrogens with zero attached hydrogens (tertiary/aromatic N) is 1. The molecule has 96 valence electrons. The fourth-order valence-electron chi connectivity index (χ4n) is 1.14. The molecule has 0 aromatic carbocycles. The molecular formula is C11H15F3N2O. The quantitative estimate of drug-likeness (QED) is 0.785. The Morgan fingerprint density at radius 3 is 2.65 bits per heavy atom. The number of ether oxygens (including phenoxy) is 1. The summed E-state index contributed by atoms with van der Waals surface area (Å²) in [6, 6.07) is 3.06. The van der Waals surface area contributed by atoms with Gasteiger partial charge >= 0.3 is 6.18 Å². The minimum absolute atomic E-state index is 0.0247. The summed E-state index contributed by atoms with van der Waals surface area (Å²) >= 11 is 0. The summed E-state index contributed by atoms with van der Waals surface area (Å²) in [5.41, 5.74) is 0.776. The van der Waals surface area contributed by atoms with Gasteiger partial charge in [0.15, 0.2) is 6.61 Å². The predicted molar refractivity (Wildman–Crippen MR) is 59.2 cm³/mol. The molecule has 3 nitrogen and oxygen atoms in total. The fourth-order valence-corrected chi connectivity index (χ4v) is 1.14. The SMILES string of the molecule is CCCCNc1ccc(OCC(F)(F)F)nc1. The third-order valence-electron chi connectivity index (χ3n) is 1.98. The fraction of sp³-hybridized carbons (Fsp3) is 0.545. The number of pyridine rings is 1. The van der Waals surface area contributed by atoms with Crippen molar-refractivity contribution in [1.82, 2.24) is 4.98 Å². The lowest BCUT2D eigenvalue weighted by Crippen LogP contribution is -2.19. The van der Waals surface area contributed by atoms with E-state index in [-0.39, 0.29) is 5.88 Å². The molecule has 1 heterocycles. The maximum absolute atomic E-state index is 11.9. The Bertz CT molecular complexity index is 324. The van der Waals surface area contributed by atoms with Crippen molar-refractivity contribution in [2.45, 2.75) is 25.9 Å². The number of aromatic nitrogens is 1. The standard InChI is InChI=1S/C11H15F3N2O/c1-2-3-6-15-9-4-5-10(16-7-9)17-8-11(12,13)14/h4-5,7,15H,2-3,6,8H2,1H3. The van der Waals surface area contributed by atoms with Crippen molar-refractivity contribution in [1.29, 1.82) is 0 Å². The van der Waals surface area contributed by atoms with E-state index < -0.39 is 12.8 Å². The van der Waals surface area contributed by atoms with Gasteiger partial charge < -0.3 is 10.1 Å². The van der Waals surface area contributed by atoms with Gasteiger partial charge in [-0.2, -0.15) is 13.2 Å². The molecule has 0 spiro atoms. The third-order valence-corrected chi connectivity index (χ3v) is 1.98. The number of unbranched alkanes of at least 4 members (excludes halogenated alkanes) is 1. The van der Waals surface area contributed by atoms with E-state index in [0.29, 0.717) is 0 Å². The van der Waals surface area contributed by atoms with Gasteiger partial charge in [-0.05, 0) is 12.5 Å². The van der Waals surface area contributed by atoms with Crippen molar-refractivity contribution in [2.24, 2.45) is 0 Å². The molecule has 0 bridgehead atoms. The molecule has 0 unspecified atom stereocenters. The van der Waals surface area contributed by atoms with Crippen LogP contribution in [0.25, 0.3) is 0 Å². The highest BCUT2D eigenvalue weighted by atomic mass is 19.4. The summed E-state index contributed by atoms with van der Waals surface area (Å²) in [5.74, 6) is -0.0247. The zero-order valence-corrected chi connectivity index (χ0v) is 9.55. The van der Waals surface area contributed by atoms with Gasteiger partial charge in [0.1, 0.15) is 0 Å². The van der Waals surface area contributed by atoms with Crippen LogP contribution in [0, 0.1) is 0 Å². The van der Waals surface area contributed by atoms with Crippen molar-refractivity contribution in [3.05, 3.63) is 18.3 Å². The predicted octanol–water partition coefficient (Wildman–Crippen LogP) is 3.23. The van der Waals surface area contributed by atoms with E-state index in [9.17, 15) is 13.2 Å². The molecule has 6 heteroatoms. The van der Waals surface area contributed by atoms with Crippen LogP contribution in [0.1, 0.15) is 19.8 Å². The van der Waals surface area contributed by atoms with Crippen molar-refractivity contribution < 1.29 is 17.9 Å². The number of hydrogen-bond acceptors (Lipinski definition) is 3. The Labute approximate surface area is 98.0 Å². The average Bonchev–Trinajstić information content (AvgIpc) is 2.27. The summed E-state index contributed by atoms with van der Waals surface area (Å²) in [6.45, 7) is 1.58. The summed E-state index contributed by atoms with van der Waals surface area (Å²) in [4.78, 5) is 3.78. The number of nitrogens with one attached hydrogen (secondary N) is 1. The third kappa shape index (κ3) is 5.99. The highest BCUT2D eigenvalue weighted by Gasteiger charge is 2.28. The number of alkyl halides is 3. The topological polar surface area (TPSA) is 34.1 Å². The van der Waals surface area contributed by atoms with Gasteiger partial charge in [-0.3, -0.25) is 0 Å². The first-order valence-corrected chi connectivity index (χ1v) is 5.41. The number of rotatable bonds is 6. The van der Waals surface area contributed by atoms with Gasteiger partial charge in [-0.15, -0.1) is 0 Å². The highest BCUT2D eigenvalue weighted by molar-refractivity contribution is 5.41. The lowest BCUT2D eigenvalue weighted by molar-refractivity contribution is -0.154. The van der Waals surface area contributed by atoms with Crippen molar-refractivity contribution in [2.75, 3.05) is 18.5 Å². The van der Waals surface area contributed by atoms with Crippen molar-refractivity contribution in [3.63, 3.8) is 0 Å². The molecule has 1 rings (SSSR count).